The first-order valence-corrected chi connectivity index (χ1v) is 15.2. The summed E-state index contributed by atoms with van der Waals surface area (Å²) in [5.74, 6) is -0.667. The van der Waals surface area contributed by atoms with Crippen molar-refractivity contribution in [3.05, 3.63) is 72.3 Å². The molecule has 1 aromatic heterocycles. The van der Waals surface area contributed by atoms with E-state index in [1.807, 2.05) is 6.07 Å². The average molecular weight is 642 g/mol. The summed E-state index contributed by atoms with van der Waals surface area (Å²) in [6.45, 7) is 7.72. The number of nitrogens with zero attached hydrogens (tertiary/aromatic N) is 5. The molecule has 4 heterocycles. The molecule has 10 nitrogen and oxygen atoms in total. The van der Waals surface area contributed by atoms with Crippen LogP contribution in [-0.2, 0) is 15.8 Å². The predicted octanol–water partition coefficient (Wildman–Crippen LogP) is 6.07. The van der Waals surface area contributed by atoms with Gasteiger partial charge in [-0.05, 0) is 50.6 Å². The minimum atomic E-state index is -4.83. The SMILES string of the molecule is C=CC(=O)Nc1cc(Nc2cc(N3OCC[C@@H]3c3cccc(C(F)(F)F)c3F)ncn2)c(OC)cc1N1CCC[C@@H]1CN1CCC1. The van der Waals surface area contributed by atoms with Crippen LogP contribution in [0.25, 0.3) is 0 Å². The molecule has 0 radical (unpaired) electrons. The van der Waals surface area contributed by atoms with Crippen molar-refractivity contribution in [1.29, 1.82) is 0 Å². The fourth-order valence-corrected chi connectivity index (χ4v) is 6.24. The van der Waals surface area contributed by atoms with Gasteiger partial charge >= 0.3 is 6.18 Å². The number of alkyl halides is 3. The highest BCUT2D eigenvalue weighted by Crippen LogP contribution is 2.43. The summed E-state index contributed by atoms with van der Waals surface area (Å²) in [6, 6.07) is 7.86. The van der Waals surface area contributed by atoms with Crippen LogP contribution < -0.4 is 25.3 Å². The third-order valence-corrected chi connectivity index (χ3v) is 8.60. The second kappa shape index (κ2) is 13.1. The average Bonchev–Trinajstić information content (AvgIpc) is 3.69. The van der Waals surface area contributed by atoms with Crippen molar-refractivity contribution in [3.63, 3.8) is 0 Å². The number of ether oxygens (including phenoxy) is 1. The number of nitrogens with one attached hydrogen (secondary N) is 2. The number of amides is 1. The maximum absolute atomic E-state index is 15.1. The number of hydrogen-bond donors (Lipinski definition) is 2. The lowest BCUT2D eigenvalue weighted by molar-refractivity contribution is -0.140. The Kier molecular flexibility index (Phi) is 9.00. The first-order chi connectivity index (χ1) is 22.2. The number of hydroxylamine groups is 1. The zero-order valence-electron chi connectivity index (χ0n) is 25.3. The fourth-order valence-electron chi connectivity index (χ4n) is 6.24. The van der Waals surface area contributed by atoms with E-state index in [4.69, 9.17) is 9.57 Å². The Bertz CT molecular complexity index is 1600. The number of benzene rings is 2. The van der Waals surface area contributed by atoms with Gasteiger partial charge in [0.25, 0.3) is 0 Å². The Hall–Kier alpha value is -4.43. The Balaban J connectivity index is 1.29. The van der Waals surface area contributed by atoms with Crippen LogP contribution >= 0.6 is 0 Å². The number of hydrogen-bond acceptors (Lipinski definition) is 9. The van der Waals surface area contributed by atoms with Crippen molar-refractivity contribution >= 4 is 34.6 Å². The van der Waals surface area contributed by atoms with Crippen LogP contribution in [0.1, 0.15) is 42.9 Å². The maximum Gasteiger partial charge on any atom is 0.419 e. The molecule has 0 unspecified atom stereocenters. The Labute approximate surface area is 264 Å². The largest absolute Gasteiger partial charge is 0.494 e. The van der Waals surface area contributed by atoms with Gasteiger partial charge in [0, 0.05) is 43.2 Å². The van der Waals surface area contributed by atoms with Crippen molar-refractivity contribution < 1.29 is 31.9 Å². The van der Waals surface area contributed by atoms with Gasteiger partial charge in [-0.1, -0.05) is 18.7 Å². The van der Waals surface area contributed by atoms with Crippen LogP contribution in [0.15, 0.2) is 55.4 Å². The van der Waals surface area contributed by atoms with Gasteiger partial charge in [-0.25, -0.2) is 19.4 Å². The summed E-state index contributed by atoms with van der Waals surface area (Å²) >= 11 is 0. The van der Waals surface area contributed by atoms with Gasteiger partial charge in [0.15, 0.2) is 5.82 Å². The summed E-state index contributed by atoms with van der Waals surface area (Å²) in [5.41, 5.74) is 0.421. The number of rotatable bonds is 10. The summed E-state index contributed by atoms with van der Waals surface area (Å²) < 4.78 is 61.1. The standard InChI is InChI=1S/C32H35F4N7O3/c1-3-30(44)40-23-15-24(27(45-2)16-26(23)42-13-5-7-20(42)18-41-11-6-12-41)39-28-17-29(38-19-37-28)43-25(10-14-46-43)21-8-4-9-22(31(21)33)32(34,35)36/h3-4,8-9,15-17,19-20,25H,1,5-7,10-14,18H2,2H3,(H,40,44)(H,37,38,39)/t20-,25-/m1/s1. The molecular formula is C32H35F4N7O3. The van der Waals surface area contributed by atoms with E-state index >= 15 is 4.39 Å². The minimum Gasteiger partial charge on any atom is -0.494 e. The summed E-state index contributed by atoms with van der Waals surface area (Å²) in [5, 5.41) is 7.44. The number of likely N-dealkylation sites (tertiary alicyclic amines) is 1. The molecule has 14 heteroatoms. The Morgan fingerprint density at radius 1 is 1.13 bits per heavy atom. The van der Waals surface area contributed by atoms with E-state index in [1.165, 1.54) is 36.0 Å². The first kappa shape index (κ1) is 31.5. The molecule has 0 aliphatic carbocycles. The topological polar surface area (TPSA) is 95.1 Å². The third-order valence-electron chi connectivity index (χ3n) is 8.60. The third kappa shape index (κ3) is 6.44. The number of anilines is 5. The molecule has 6 rings (SSSR count). The molecule has 3 fully saturated rings. The highest BCUT2D eigenvalue weighted by molar-refractivity contribution is 6.02. The maximum atomic E-state index is 15.1. The lowest BCUT2D eigenvalue weighted by atomic mass is 10.0. The Morgan fingerprint density at radius 2 is 1.96 bits per heavy atom. The van der Waals surface area contributed by atoms with Crippen LogP contribution in [0.5, 0.6) is 5.75 Å². The molecule has 244 valence electrons. The van der Waals surface area contributed by atoms with Crippen molar-refractivity contribution in [2.45, 2.75) is 43.9 Å². The number of carbonyl (C=O) groups excluding carboxylic acids is 1. The molecule has 0 saturated carbocycles. The molecule has 3 saturated heterocycles. The first-order valence-electron chi connectivity index (χ1n) is 15.2. The van der Waals surface area contributed by atoms with Gasteiger partial charge in [0.1, 0.15) is 23.7 Å². The molecule has 1 amide bonds. The van der Waals surface area contributed by atoms with Crippen LogP contribution in [0.3, 0.4) is 0 Å². The number of carbonyl (C=O) groups is 1. The van der Waals surface area contributed by atoms with Crippen LogP contribution in [0.4, 0.5) is 46.3 Å². The zero-order chi connectivity index (χ0) is 32.4. The fraction of sp³-hybridized carbons (Fsp3) is 0.406. The number of aromatic nitrogens is 2. The Morgan fingerprint density at radius 3 is 2.67 bits per heavy atom. The molecule has 3 aromatic rings. The number of methoxy groups -OCH3 is 1. The summed E-state index contributed by atoms with van der Waals surface area (Å²) in [6.07, 6.45) is 1.18. The lowest BCUT2D eigenvalue weighted by Crippen LogP contribution is -2.46. The van der Waals surface area contributed by atoms with E-state index in [9.17, 15) is 18.0 Å². The van der Waals surface area contributed by atoms with E-state index < -0.39 is 23.6 Å². The number of halogens is 4. The molecule has 2 aromatic carbocycles. The zero-order valence-corrected chi connectivity index (χ0v) is 25.3. The molecular weight excluding hydrogens is 606 g/mol. The van der Waals surface area contributed by atoms with Crippen LogP contribution in [-0.4, -0.2) is 66.7 Å². The van der Waals surface area contributed by atoms with Gasteiger partial charge in [0.2, 0.25) is 5.91 Å². The monoisotopic (exact) mass is 641 g/mol. The van der Waals surface area contributed by atoms with E-state index in [-0.39, 0.29) is 30.3 Å². The van der Waals surface area contributed by atoms with E-state index in [1.54, 1.807) is 19.2 Å². The van der Waals surface area contributed by atoms with E-state index in [0.717, 1.165) is 44.7 Å². The van der Waals surface area contributed by atoms with Crippen LogP contribution in [0, 0.1) is 5.82 Å². The van der Waals surface area contributed by atoms with Gasteiger partial charge in [-0.2, -0.15) is 13.2 Å². The second-order valence-corrected chi connectivity index (χ2v) is 11.5. The smallest absolute Gasteiger partial charge is 0.419 e. The quantitative estimate of drug-likeness (QED) is 0.202. The molecule has 0 spiro atoms. The molecule has 2 atom stereocenters. The van der Waals surface area contributed by atoms with E-state index in [2.05, 4.69) is 37.0 Å². The van der Waals surface area contributed by atoms with Crippen molar-refractivity contribution in [3.8, 4) is 5.75 Å². The van der Waals surface area contributed by atoms with Crippen molar-refractivity contribution in [1.82, 2.24) is 14.9 Å². The van der Waals surface area contributed by atoms with Crippen molar-refractivity contribution in [2.24, 2.45) is 0 Å². The molecule has 3 aliphatic heterocycles. The minimum absolute atomic E-state index is 0.144. The summed E-state index contributed by atoms with van der Waals surface area (Å²) in [4.78, 5) is 31.5. The predicted molar refractivity (Wildman–Crippen MR) is 166 cm³/mol. The molecule has 46 heavy (non-hydrogen) atoms. The van der Waals surface area contributed by atoms with Gasteiger partial charge in [0.05, 0.1) is 42.4 Å². The molecule has 0 bridgehead atoms. The highest BCUT2D eigenvalue weighted by Gasteiger charge is 2.38. The highest BCUT2D eigenvalue weighted by atomic mass is 19.4. The van der Waals surface area contributed by atoms with Gasteiger partial charge < -0.3 is 25.2 Å². The van der Waals surface area contributed by atoms with Crippen LogP contribution in [0.2, 0.25) is 0 Å². The lowest BCUT2D eigenvalue weighted by Gasteiger charge is -2.37. The normalized spacial score (nSPS) is 20.0. The van der Waals surface area contributed by atoms with Gasteiger partial charge in [-0.3, -0.25) is 9.63 Å². The van der Waals surface area contributed by atoms with E-state index in [0.29, 0.717) is 35.1 Å². The molecule has 2 N–H and O–H groups in total. The molecule has 3 aliphatic rings. The summed E-state index contributed by atoms with van der Waals surface area (Å²) in [7, 11) is 1.55. The van der Waals surface area contributed by atoms with Crippen molar-refractivity contribution in [2.75, 3.05) is 60.5 Å². The second-order valence-electron chi connectivity index (χ2n) is 11.5. The van der Waals surface area contributed by atoms with Gasteiger partial charge in [-0.15, -0.1) is 0 Å².